The highest BCUT2D eigenvalue weighted by Gasteiger charge is 2.36. The van der Waals surface area contributed by atoms with Crippen LogP contribution in [0.5, 0.6) is 0 Å². The van der Waals surface area contributed by atoms with Crippen molar-refractivity contribution in [3.8, 4) is 16.9 Å². The van der Waals surface area contributed by atoms with E-state index in [1.54, 1.807) is 11.8 Å². The van der Waals surface area contributed by atoms with Crippen LogP contribution in [-0.4, -0.2) is 15.3 Å². The molecule has 0 aliphatic heterocycles. The van der Waals surface area contributed by atoms with Gasteiger partial charge >= 0.3 is 0 Å². The summed E-state index contributed by atoms with van der Waals surface area (Å²) in [5.74, 6) is 0.958. The second kappa shape index (κ2) is 7.59. The van der Waals surface area contributed by atoms with Crippen LogP contribution >= 0.6 is 11.8 Å². The number of rotatable bonds is 5. The van der Waals surface area contributed by atoms with Gasteiger partial charge in [-0.3, -0.25) is 9.36 Å². The Labute approximate surface area is 170 Å². The fraction of sp³-hybridized carbons (Fsp3) is 0.333. The van der Waals surface area contributed by atoms with E-state index in [1.165, 1.54) is 5.56 Å². The number of para-hydroxylation sites is 1. The lowest BCUT2D eigenvalue weighted by Gasteiger charge is -2.33. The predicted molar refractivity (Wildman–Crippen MR) is 118 cm³/mol. The van der Waals surface area contributed by atoms with Crippen molar-refractivity contribution in [2.45, 2.75) is 50.6 Å². The van der Waals surface area contributed by atoms with E-state index in [1.807, 2.05) is 41.0 Å². The van der Waals surface area contributed by atoms with Gasteiger partial charge in [-0.2, -0.15) is 0 Å². The molecule has 28 heavy (non-hydrogen) atoms. The largest absolute Gasteiger partial charge is 0.268 e. The summed E-state index contributed by atoms with van der Waals surface area (Å²) >= 11 is 1.68. The highest BCUT2D eigenvalue weighted by molar-refractivity contribution is 7.99. The second-order valence-electron chi connectivity index (χ2n) is 8.01. The summed E-state index contributed by atoms with van der Waals surface area (Å²) in [5.41, 5.74) is 4.76. The molecule has 0 atom stereocenters. The Bertz CT molecular complexity index is 1050. The van der Waals surface area contributed by atoms with Gasteiger partial charge in [0.1, 0.15) is 0 Å². The van der Waals surface area contributed by atoms with Crippen LogP contribution in [0.1, 0.15) is 44.7 Å². The number of hydrogen-bond donors (Lipinski definition) is 0. The van der Waals surface area contributed by atoms with Crippen molar-refractivity contribution < 1.29 is 0 Å². The van der Waals surface area contributed by atoms with E-state index in [4.69, 9.17) is 4.98 Å². The van der Waals surface area contributed by atoms with Crippen molar-refractivity contribution >= 4 is 11.8 Å². The summed E-state index contributed by atoms with van der Waals surface area (Å²) in [6.07, 6.45) is 3.09. The number of thioether (sulfide) groups is 1. The molecule has 4 heteroatoms. The molecular weight excluding hydrogens is 364 g/mol. The van der Waals surface area contributed by atoms with Gasteiger partial charge in [-0.1, -0.05) is 81.4 Å². The van der Waals surface area contributed by atoms with E-state index in [9.17, 15) is 4.79 Å². The lowest BCUT2D eigenvalue weighted by molar-refractivity contribution is 0.499. The number of aromatic nitrogens is 2. The van der Waals surface area contributed by atoms with Crippen LogP contribution in [0, 0.1) is 0 Å². The molecule has 1 heterocycles. The first kappa shape index (κ1) is 19.0. The molecule has 0 N–H and O–H groups in total. The van der Waals surface area contributed by atoms with Crippen molar-refractivity contribution in [2.75, 3.05) is 5.75 Å². The predicted octanol–water partition coefficient (Wildman–Crippen LogP) is 5.63. The zero-order valence-electron chi connectivity index (χ0n) is 16.7. The van der Waals surface area contributed by atoms with E-state index < -0.39 is 0 Å². The summed E-state index contributed by atoms with van der Waals surface area (Å²) in [4.78, 5) is 18.9. The van der Waals surface area contributed by atoms with Gasteiger partial charge in [0, 0.05) is 16.7 Å². The van der Waals surface area contributed by atoms with Crippen molar-refractivity contribution in [1.29, 1.82) is 0 Å². The van der Waals surface area contributed by atoms with Crippen LogP contribution < -0.4 is 5.56 Å². The van der Waals surface area contributed by atoms with Crippen molar-refractivity contribution in [3.05, 3.63) is 76.1 Å². The summed E-state index contributed by atoms with van der Waals surface area (Å²) in [6.45, 7) is 6.50. The van der Waals surface area contributed by atoms with Crippen LogP contribution in [-0.2, 0) is 11.8 Å². The zero-order valence-corrected chi connectivity index (χ0v) is 17.6. The quantitative estimate of drug-likeness (QED) is 0.322. The molecule has 0 bridgehead atoms. The average molecular weight is 391 g/mol. The molecule has 4 rings (SSSR count). The van der Waals surface area contributed by atoms with Gasteiger partial charge < -0.3 is 0 Å². The number of hydrogen-bond acceptors (Lipinski definition) is 3. The normalized spacial score (nSPS) is 14.4. The monoisotopic (exact) mass is 390 g/mol. The molecule has 3 nitrogen and oxygen atoms in total. The minimum atomic E-state index is -0.253. The Morgan fingerprint density at radius 2 is 1.79 bits per heavy atom. The first-order valence-corrected chi connectivity index (χ1v) is 11.0. The number of fused-ring (bicyclic) bond motifs is 3. The molecule has 144 valence electrons. The van der Waals surface area contributed by atoms with Gasteiger partial charge in [0.25, 0.3) is 5.56 Å². The minimum absolute atomic E-state index is 0.0645. The van der Waals surface area contributed by atoms with Crippen LogP contribution in [0.4, 0.5) is 0 Å². The number of unbranched alkanes of at least 4 members (excludes halogenated alkanes) is 1. The van der Waals surface area contributed by atoms with E-state index in [-0.39, 0.29) is 11.0 Å². The summed E-state index contributed by atoms with van der Waals surface area (Å²) in [7, 11) is 0. The average Bonchev–Trinajstić information content (AvgIpc) is 2.68. The molecule has 0 fully saturated rings. The molecule has 0 amide bonds. The van der Waals surface area contributed by atoms with Gasteiger partial charge in [0.05, 0.1) is 16.9 Å². The first-order valence-electron chi connectivity index (χ1n) is 9.97. The molecule has 0 saturated carbocycles. The minimum Gasteiger partial charge on any atom is -0.268 e. The molecule has 0 unspecified atom stereocenters. The fourth-order valence-corrected chi connectivity index (χ4v) is 5.07. The van der Waals surface area contributed by atoms with Gasteiger partial charge in [-0.25, -0.2) is 4.98 Å². The van der Waals surface area contributed by atoms with Gasteiger partial charge in [-0.05, 0) is 30.5 Å². The lowest BCUT2D eigenvalue weighted by Crippen LogP contribution is -2.37. The third-order valence-corrected chi connectivity index (χ3v) is 6.40. The van der Waals surface area contributed by atoms with Gasteiger partial charge in [-0.15, -0.1) is 0 Å². The van der Waals surface area contributed by atoms with E-state index in [2.05, 4.69) is 39.0 Å². The Hall–Kier alpha value is -2.33. The van der Waals surface area contributed by atoms with E-state index in [0.717, 1.165) is 52.7 Å². The van der Waals surface area contributed by atoms with Gasteiger partial charge in [0.2, 0.25) is 0 Å². The Balaban J connectivity index is 2.00. The number of nitrogens with zero attached hydrogens (tertiary/aromatic N) is 2. The van der Waals surface area contributed by atoms with E-state index >= 15 is 0 Å². The first-order chi connectivity index (χ1) is 13.5. The van der Waals surface area contributed by atoms with Crippen LogP contribution in [0.15, 0.2) is 64.5 Å². The molecule has 1 aliphatic rings. The Morgan fingerprint density at radius 1 is 1.07 bits per heavy atom. The SMILES string of the molecule is CCCCSc1nc2c(c(=O)n1-c1ccccc1)C(C)(C)Cc1ccccc1-2. The van der Waals surface area contributed by atoms with Crippen molar-refractivity contribution in [1.82, 2.24) is 9.55 Å². The van der Waals surface area contributed by atoms with Crippen molar-refractivity contribution in [3.63, 3.8) is 0 Å². The smallest absolute Gasteiger partial charge is 0.263 e. The Kier molecular flexibility index (Phi) is 5.15. The maximum Gasteiger partial charge on any atom is 0.263 e. The highest BCUT2D eigenvalue weighted by atomic mass is 32.2. The van der Waals surface area contributed by atoms with E-state index in [0.29, 0.717) is 0 Å². The third-order valence-electron chi connectivity index (χ3n) is 5.38. The molecule has 2 aromatic carbocycles. The number of benzene rings is 2. The summed E-state index contributed by atoms with van der Waals surface area (Å²) in [6, 6.07) is 18.3. The molecule has 1 aromatic heterocycles. The molecule has 3 aromatic rings. The summed E-state index contributed by atoms with van der Waals surface area (Å²) < 4.78 is 1.81. The molecule has 0 spiro atoms. The molecule has 1 aliphatic carbocycles. The third kappa shape index (κ3) is 3.30. The fourth-order valence-electron chi connectivity index (χ4n) is 3.99. The van der Waals surface area contributed by atoms with Gasteiger partial charge in [0.15, 0.2) is 5.16 Å². The van der Waals surface area contributed by atoms with Crippen LogP contribution in [0.2, 0.25) is 0 Å². The van der Waals surface area contributed by atoms with Crippen molar-refractivity contribution in [2.24, 2.45) is 0 Å². The lowest BCUT2D eigenvalue weighted by atomic mass is 9.72. The maximum atomic E-state index is 13.8. The Morgan fingerprint density at radius 3 is 2.54 bits per heavy atom. The highest BCUT2D eigenvalue weighted by Crippen LogP contribution is 2.41. The molecule has 0 saturated heterocycles. The second-order valence-corrected chi connectivity index (χ2v) is 9.08. The molecule has 0 radical (unpaired) electrons. The van der Waals surface area contributed by atoms with Crippen LogP contribution in [0.25, 0.3) is 16.9 Å². The maximum absolute atomic E-state index is 13.8. The van der Waals surface area contributed by atoms with Crippen LogP contribution in [0.3, 0.4) is 0 Å². The zero-order chi connectivity index (χ0) is 19.7. The molecular formula is C24H26N2OS. The summed E-state index contributed by atoms with van der Waals surface area (Å²) in [5, 5.41) is 0.788. The standard InChI is InChI=1S/C24H26N2OS/c1-4-5-15-28-23-25-21-19-14-10-9-11-17(19)16-24(2,3)20(21)22(27)26(23)18-12-7-6-8-13-18/h6-14H,4-5,15-16H2,1-3H3. The topological polar surface area (TPSA) is 34.9 Å².